The number of ether oxygens (including phenoxy) is 1. The van der Waals surface area contributed by atoms with Crippen LogP contribution in [0.25, 0.3) is 0 Å². The van der Waals surface area contributed by atoms with Gasteiger partial charge < -0.3 is 19.5 Å². The van der Waals surface area contributed by atoms with Gasteiger partial charge in [-0.1, -0.05) is 78.4 Å². The molecule has 3 aromatic carbocycles. The van der Waals surface area contributed by atoms with Crippen LogP contribution in [0.2, 0.25) is 0 Å². The molecule has 2 fully saturated rings. The zero-order chi connectivity index (χ0) is 31.7. The lowest BCUT2D eigenvalue weighted by Crippen LogP contribution is -2.58. The lowest BCUT2D eigenvalue weighted by molar-refractivity contribution is 0.0587. The Labute approximate surface area is 262 Å². The summed E-state index contributed by atoms with van der Waals surface area (Å²) in [4.78, 5) is 48.5. The molecule has 1 saturated carbocycles. The fraction of sp³-hybridized carbons (Fsp3) is 0.265. The number of urea groups is 1. The molecule has 0 bridgehead atoms. The van der Waals surface area contributed by atoms with Gasteiger partial charge in [0.1, 0.15) is 12.1 Å². The number of aromatic nitrogens is 1. The van der Waals surface area contributed by atoms with Gasteiger partial charge in [0.25, 0.3) is 5.91 Å². The van der Waals surface area contributed by atoms with Crippen molar-refractivity contribution < 1.29 is 27.5 Å². The normalized spacial score (nSPS) is 20.8. The van der Waals surface area contributed by atoms with Gasteiger partial charge in [0.15, 0.2) is 9.84 Å². The minimum atomic E-state index is -4.07. The summed E-state index contributed by atoms with van der Waals surface area (Å²) < 4.78 is 34.5. The molecule has 4 amide bonds. The first-order valence-electron chi connectivity index (χ1n) is 14.7. The summed E-state index contributed by atoms with van der Waals surface area (Å²) in [5.41, 5.74) is 2.84. The minimum Gasteiger partial charge on any atom is -0.443 e. The molecule has 10 nitrogen and oxygen atoms in total. The van der Waals surface area contributed by atoms with Crippen molar-refractivity contribution >= 4 is 27.9 Å². The van der Waals surface area contributed by atoms with E-state index in [0.717, 1.165) is 21.6 Å². The third kappa shape index (κ3) is 5.83. The van der Waals surface area contributed by atoms with Crippen molar-refractivity contribution in [1.82, 2.24) is 19.7 Å². The number of aryl methyl sites for hydroxylation is 1. The number of imide groups is 1. The second kappa shape index (κ2) is 12.2. The number of carbonyl (C=O) groups is 3. The van der Waals surface area contributed by atoms with Crippen molar-refractivity contribution in [2.24, 2.45) is 0 Å². The molecule has 1 aromatic heterocycles. The minimum absolute atomic E-state index is 0.0503. The number of benzene rings is 3. The molecular formula is C34H34N4O6S. The van der Waals surface area contributed by atoms with Gasteiger partial charge in [-0.05, 0) is 36.2 Å². The largest absolute Gasteiger partial charge is 0.443 e. The van der Waals surface area contributed by atoms with Crippen LogP contribution in [0.3, 0.4) is 0 Å². The van der Waals surface area contributed by atoms with Crippen LogP contribution in [-0.2, 0) is 27.7 Å². The van der Waals surface area contributed by atoms with Gasteiger partial charge in [0.05, 0.1) is 21.8 Å². The Hall–Kier alpha value is -4.90. The molecule has 2 aliphatic rings. The molecule has 1 aliphatic heterocycles. The molecule has 1 N–H and O–H groups in total. The Morgan fingerprint density at radius 1 is 0.911 bits per heavy atom. The maximum Gasteiger partial charge on any atom is 0.418 e. The SMILES string of the molecule is Cc1ccc(S(=O)(=O)[C@H]2C[C@H]3OC(=O)N(C(=O)N(C)Cc4ccccc4)[C@H]3[C@@H]2N(Cc2ccccc2)C(=O)c2cc[nH]c2)cc1. The van der Waals surface area contributed by atoms with Crippen LogP contribution in [-0.4, -0.2) is 76.6 Å². The third-order valence-electron chi connectivity index (χ3n) is 8.53. The first-order valence-corrected chi connectivity index (χ1v) is 16.3. The van der Waals surface area contributed by atoms with E-state index < -0.39 is 51.3 Å². The molecule has 1 aliphatic carbocycles. The van der Waals surface area contributed by atoms with Gasteiger partial charge in [-0.15, -0.1) is 0 Å². The molecule has 0 spiro atoms. The van der Waals surface area contributed by atoms with E-state index >= 15 is 0 Å². The van der Waals surface area contributed by atoms with Crippen molar-refractivity contribution in [2.75, 3.05) is 7.05 Å². The van der Waals surface area contributed by atoms with Crippen LogP contribution in [0, 0.1) is 6.92 Å². The quantitative estimate of drug-likeness (QED) is 0.293. The van der Waals surface area contributed by atoms with Crippen molar-refractivity contribution in [1.29, 1.82) is 0 Å². The third-order valence-corrected chi connectivity index (χ3v) is 10.7. The maximum atomic E-state index is 14.4. The number of rotatable bonds is 8. The van der Waals surface area contributed by atoms with E-state index in [0.29, 0.717) is 5.56 Å². The smallest absolute Gasteiger partial charge is 0.418 e. The lowest BCUT2D eigenvalue weighted by Gasteiger charge is -2.38. The number of sulfone groups is 1. The highest BCUT2D eigenvalue weighted by atomic mass is 32.2. The van der Waals surface area contributed by atoms with E-state index in [4.69, 9.17) is 4.74 Å². The van der Waals surface area contributed by atoms with Gasteiger partial charge in [0, 0.05) is 39.0 Å². The number of fused-ring (bicyclic) bond motifs is 1. The van der Waals surface area contributed by atoms with Gasteiger partial charge in [-0.3, -0.25) is 4.79 Å². The number of carbonyl (C=O) groups excluding carboxylic acids is 3. The average Bonchev–Trinajstić information content (AvgIpc) is 3.77. The van der Waals surface area contributed by atoms with Crippen LogP contribution in [0.1, 0.15) is 33.5 Å². The van der Waals surface area contributed by atoms with Gasteiger partial charge in [-0.2, -0.15) is 0 Å². The number of nitrogens with zero attached hydrogens (tertiary/aromatic N) is 3. The van der Waals surface area contributed by atoms with Crippen LogP contribution in [0.15, 0.2) is 108 Å². The summed E-state index contributed by atoms with van der Waals surface area (Å²) in [6, 6.07) is 23.9. The van der Waals surface area contributed by atoms with Gasteiger partial charge in [0.2, 0.25) is 0 Å². The number of hydrogen-bond donors (Lipinski definition) is 1. The van der Waals surface area contributed by atoms with Crippen LogP contribution in [0.4, 0.5) is 9.59 Å². The molecule has 6 rings (SSSR count). The Morgan fingerprint density at radius 3 is 2.13 bits per heavy atom. The van der Waals surface area contributed by atoms with Gasteiger partial charge >= 0.3 is 12.1 Å². The maximum absolute atomic E-state index is 14.4. The first-order chi connectivity index (χ1) is 21.6. The standard InChI is InChI=1S/C34H34N4O6S/c1-23-13-15-27(16-14-23)45(42,43)29-19-28-30(38(34(41)44-28)33(40)36(2)21-24-9-5-3-6-10-24)31(29)37(22-25-11-7-4-8-12-25)32(39)26-17-18-35-20-26/h3-18,20,28-31,35H,19,21-22H2,1-2H3/t28-,29+,30-,31-/m1/s1. The summed E-state index contributed by atoms with van der Waals surface area (Å²) >= 11 is 0. The van der Waals surface area contributed by atoms with E-state index in [2.05, 4.69) is 4.98 Å². The van der Waals surface area contributed by atoms with E-state index in [1.807, 2.05) is 67.6 Å². The van der Waals surface area contributed by atoms with E-state index in [-0.39, 0.29) is 24.4 Å². The fourth-order valence-corrected chi connectivity index (χ4v) is 8.30. The van der Waals surface area contributed by atoms with Crippen molar-refractivity contribution in [3.8, 4) is 0 Å². The van der Waals surface area contributed by atoms with Crippen molar-refractivity contribution in [2.45, 2.75) is 54.8 Å². The molecular weight excluding hydrogens is 592 g/mol. The molecule has 232 valence electrons. The molecule has 4 aromatic rings. The summed E-state index contributed by atoms with van der Waals surface area (Å²) in [5, 5.41) is -1.16. The summed E-state index contributed by atoms with van der Waals surface area (Å²) in [5.74, 6) is -0.431. The molecule has 1 saturated heterocycles. The monoisotopic (exact) mass is 626 g/mol. The first kappa shape index (κ1) is 30.1. The predicted molar refractivity (Wildman–Crippen MR) is 167 cm³/mol. The Balaban J connectivity index is 1.45. The number of aromatic amines is 1. The highest BCUT2D eigenvalue weighted by Gasteiger charge is 2.62. The van der Waals surface area contributed by atoms with E-state index in [1.165, 1.54) is 9.80 Å². The Morgan fingerprint density at radius 2 is 1.53 bits per heavy atom. The van der Waals surface area contributed by atoms with E-state index in [1.54, 1.807) is 49.8 Å². The second-order valence-corrected chi connectivity index (χ2v) is 13.7. The van der Waals surface area contributed by atoms with Crippen LogP contribution >= 0.6 is 0 Å². The molecule has 0 unspecified atom stereocenters. The number of nitrogens with one attached hydrogen (secondary N) is 1. The van der Waals surface area contributed by atoms with Gasteiger partial charge in [-0.25, -0.2) is 22.9 Å². The second-order valence-electron chi connectivity index (χ2n) is 11.5. The van der Waals surface area contributed by atoms with Crippen LogP contribution < -0.4 is 0 Å². The zero-order valence-electron chi connectivity index (χ0n) is 24.9. The molecule has 11 heteroatoms. The highest BCUT2D eigenvalue weighted by molar-refractivity contribution is 7.92. The number of amides is 4. The predicted octanol–water partition coefficient (Wildman–Crippen LogP) is 5.02. The lowest BCUT2D eigenvalue weighted by atomic mass is 10.1. The summed E-state index contributed by atoms with van der Waals surface area (Å²) in [6.45, 7) is 2.13. The van der Waals surface area contributed by atoms with Crippen LogP contribution in [0.5, 0.6) is 0 Å². The molecule has 2 heterocycles. The fourth-order valence-electron chi connectivity index (χ4n) is 6.32. The molecule has 0 radical (unpaired) electrons. The van der Waals surface area contributed by atoms with Crippen molar-refractivity contribution in [3.05, 3.63) is 126 Å². The number of hydrogen-bond acceptors (Lipinski definition) is 6. The summed E-state index contributed by atoms with van der Waals surface area (Å²) in [7, 11) is -2.49. The topological polar surface area (TPSA) is 120 Å². The number of H-pyrrole nitrogens is 1. The van der Waals surface area contributed by atoms with Crippen molar-refractivity contribution in [3.63, 3.8) is 0 Å². The molecule has 4 atom stereocenters. The molecule has 45 heavy (non-hydrogen) atoms. The Bertz CT molecular complexity index is 1780. The van der Waals surface area contributed by atoms with E-state index in [9.17, 15) is 22.8 Å². The Kier molecular flexibility index (Phi) is 8.20. The average molecular weight is 627 g/mol. The summed E-state index contributed by atoms with van der Waals surface area (Å²) in [6.07, 6.45) is 1.29. The highest BCUT2D eigenvalue weighted by Crippen LogP contribution is 2.43. The zero-order valence-corrected chi connectivity index (χ0v) is 25.8.